The van der Waals surface area contributed by atoms with Gasteiger partial charge in [0, 0.05) is 12.4 Å². The normalized spacial score (nSPS) is 14.6. The number of nitrogens with zero attached hydrogens (tertiary/aromatic N) is 1. The van der Waals surface area contributed by atoms with Crippen molar-refractivity contribution < 1.29 is 14.6 Å². The summed E-state index contributed by atoms with van der Waals surface area (Å²) in [6.07, 6.45) is 2.64. The molecule has 17 heavy (non-hydrogen) atoms. The fourth-order valence-electron chi connectivity index (χ4n) is 1.82. The Morgan fingerprint density at radius 1 is 1.00 bits per heavy atom. The summed E-state index contributed by atoms with van der Waals surface area (Å²) < 4.78 is 10.5. The van der Waals surface area contributed by atoms with Gasteiger partial charge in [-0.15, -0.1) is 0 Å². The Bertz CT molecular complexity index is 527. The van der Waals surface area contributed by atoms with Crippen LogP contribution in [0.3, 0.4) is 0 Å². The van der Waals surface area contributed by atoms with Gasteiger partial charge in [0.05, 0.1) is 0 Å². The van der Waals surface area contributed by atoms with Crippen molar-refractivity contribution in [3.05, 3.63) is 53.9 Å². The summed E-state index contributed by atoms with van der Waals surface area (Å²) in [7, 11) is 0. The van der Waals surface area contributed by atoms with Gasteiger partial charge in [0.15, 0.2) is 11.5 Å². The highest BCUT2D eigenvalue weighted by Gasteiger charge is 2.17. The van der Waals surface area contributed by atoms with Crippen LogP contribution in [0.4, 0.5) is 0 Å². The number of fused-ring (bicyclic) bond motifs is 1. The van der Waals surface area contributed by atoms with Gasteiger partial charge >= 0.3 is 0 Å². The van der Waals surface area contributed by atoms with Gasteiger partial charge < -0.3 is 14.6 Å². The van der Waals surface area contributed by atoms with Crippen LogP contribution in [0.25, 0.3) is 0 Å². The van der Waals surface area contributed by atoms with Crippen LogP contribution in [0.1, 0.15) is 17.2 Å². The van der Waals surface area contributed by atoms with Gasteiger partial charge in [-0.25, -0.2) is 0 Å². The van der Waals surface area contributed by atoms with Crippen molar-refractivity contribution in [1.29, 1.82) is 0 Å². The number of hydrogen-bond donors (Lipinski definition) is 1. The lowest BCUT2D eigenvalue weighted by Crippen LogP contribution is -1.99. The fourth-order valence-corrected chi connectivity index (χ4v) is 1.82. The van der Waals surface area contributed by atoms with E-state index >= 15 is 0 Å². The van der Waals surface area contributed by atoms with Crippen molar-refractivity contribution in [1.82, 2.24) is 4.98 Å². The number of ether oxygens (including phenoxy) is 2. The summed E-state index contributed by atoms with van der Waals surface area (Å²) in [5.41, 5.74) is 1.58. The van der Waals surface area contributed by atoms with Crippen molar-refractivity contribution in [2.75, 3.05) is 6.79 Å². The second-order valence-corrected chi connectivity index (χ2v) is 3.80. The van der Waals surface area contributed by atoms with E-state index in [1.807, 2.05) is 12.1 Å². The zero-order valence-corrected chi connectivity index (χ0v) is 9.04. The fraction of sp³-hybridized carbons (Fsp3) is 0.154. The summed E-state index contributed by atoms with van der Waals surface area (Å²) in [4.78, 5) is 3.92. The maximum atomic E-state index is 10.2. The van der Waals surface area contributed by atoms with E-state index in [1.165, 1.54) is 0 Å². The molecule has 2 aromatic rings. The van der Waals surface area contributed by atoms with E-state index in [-0.39, 0.29) is 6.79 Å². The molecule has 1 aliphatic rings. The third-order valence-corrected chi connectivity index (χ3v) is 2.73. The first-order chi connectivity index (χ1) is 8.34. The first kappa shape index (κ1) is 10.1. The number of hydrogen-bond acceptors (Lipinski definition) is 4. The van der Waals surface area contributed by atoms with Gasteiger partial charge in [-0.1, -0.05) is 6.07 Å². The molecule has 0 radical (unpaired) electrons. The number of aliphatic hydroxyl groups is 1. The molecule has 1 N–H and O–H groups in total. The number of pyridine rings is 1. The van der Waals surface area contributed by atoms with Crippen molar-refractivity contribution in [2.45, 2.75) is 6.10 Å². The van der Waals surface area contributed by atoms with Crippen LogP contribution >= 0.6 is 0 Å². The predicted octanol–water partition coefficient (Wildman–Crippen LogP) is 1.89. The smallest absolute Gasteiger partial charge is 0.231 e. The van der Waals surface area contributed by atoms with E-state index in [1.54, 1.807) is 30.6 Å². The Hall–Kier alpha value is -2.07. The maximum Gasteiger partial charge on any atom is 0.231 e. The summed E-state index contributed by atoms with van der Waals surface area (Å²) in [6.45, 7) is 0.240. The number of rotatable bonds is 2. The molecule has 4 heteroatoms. The first-order valence-electron chi connectivity index (χ1n) is 5.32. The molecule has 3 rings (SSSR count). The van der Waals surface area contributed by atoms with Crippen LogP contribution < -0.4 is 9.47 Å². The quantitative estimate of drug-likeness (QED) is 0.854. The molecule has 1 aromatic heterocycles. The van der Waals surface area contributed by atoms with E-state index in [0.717, 1.165) is 16.9 Å². The van der Waals surface area contributed by atoms with Gasteiger partial charge in [-0.05, 0) is 35.4 Å². The largest absolute Gasteiger partial charge is 0.454 e. The Kier molecular flexibility index (Phi) is 2.42. The molecule has 1 unspecified atom stereocenters. The van der Waals surface area contributed by atoms with Crippen LogP contribution in [0, 0.1) is 0 Å². The molecular formula is C13H11NO3. The van der Waals surface area contributed by atoms with Crippen molar-refractivity contribution in [2.24, 2.45) is 0 Å². The highest BCUT2D eigenvalue weighted by Crippen LogP contribution is 2.35. The second-order valence-electron chi connectivity index (χ2n) is 3.80. The lowest BCUT2D eigenvalue weighted by molar-refractivity contribution is 0.173. The number of aliphatic hydroxyl groups excluding tert-OH is 1. The molecule has 0 saturated carbocycles. The minimum Gasteiger partial charge on any atom is -0.454 e. The standard InChI is InChI=1S/C13H11NO3/c15-13(9-3-5-14-6-4-9)10-1-2-11-12(7-10)17-8-16-11/h1-7,13,15H,8H2. The molecule has 86 valence electrons. The van der Waals surface area contributed by atoms with E-state index in [2.05, 4.69) is 4.98 Å². The molecule has 0 amide bonds. The third kappa shape index (κ3) is 1.83. The van der Waals surface area contributed by atoms with Gasteiger partial charge in [-0.2, -0.15) is 0 Å². The third-order valence-electron chi connectivity index (χ3n) is 2.73. The minimum absolute atomic E-state index is 0.240. The van der Waals surface area contributed by atoms with Crippen molar-refractivity contribution in [3.63, 3.8) is 0 Å². The molecule has 0 fully saturated rings. The topological polar surface area (TPSA) is 51.6 Å². The summed E-state index contributed by atoms with van der Waals surface area (Å²) >= 11 is 0. The van der Waals surface area contributed by atoms with E-state index < -0.39 is 6.10 Å². The number of benzene rings is 1. The van der Waals surface area contributed by atoms with E-state index in [4.69, 9.17) is 9.47 Å². The number of aromatic nitrogens is 1. The lowest BCUT2D eigenvalue weighted by atomic mass is 10.0. The molecule has 4 nitrogen and oxygen atoms in total. The molecule has 0 saturated heterocycles. The average Bonchev–Trinajstić information content (AvgIpc) is 2.86. The zero-order valence-electron chi connectivity index (χ0n) is 9.04. The lowest BCUT2D eigenvalue weighted by Gasteiger charge is -2.11. The highest BCUT2D eigenvalue weighted by molar-refractivity contribution is 5.46. The second kappa shape index (κ2) is 4.07. The molecule has 0 spiro atoms. The van der Waals surface area contributed by atoms with Gasteiger partial charge in [0.1, 0.15) is 6.10 Å². The van der Waals surface area contributed by atoms with Gasteiger partial charge in [0.25, 0.3) is 0 Å². The Morgan fingerprint density at radius 3 is 2.59 bits per heavy atom. The van der Waals surface area contributed by atoms with Crippen molar-refractivity contribution >= 4 is 0 Å². The molecule has 1 aromatic carbocycles. The van der Waals surface area contributed by atoms with Gasteiger partial charge in [0.2, 0.25) is 6.79 Å². The zero-order chi connectivity index (χ0) is 11.7. The summed E-state index contributed by atoms with van der Waals surface area (Å²) in [5, 5.41) is 10.2. The van der Waals surface area contributed by atoms with E-state index in [0.29, 0.717) is 5.75 Å². The summed E-state index contributed by atoms with van der Waals surface area (Å²) in [5.74, 6) is 1.39. The van der Waals surface area contributed by atoms with Crippen LogP contribution in [0.15, 0.2) is 42.7 Å². The molecule has 0 aliphatic carbocycles. The van der Waals surface area contributed by atoms with E-state index in [9.17, 15) is 5.11 Å². The summed E-state index contributed by atoms with van der Waals surface area (Å²) in [6, 6.07) is 9.01. The van der Waals surface area contributed by atoms with Crippen LogP contribution in [0.2, 0.25) is 0 Å². The average molecular weight is 229 g/mol. The Labute approximate surface area is 98.5 Å². The molecule has 1 aliphatic heterocycles. The first-order valence-corrected chi connectivity index (χ1v) is 5.32. The SMILES string of the molecule is OC(c1ccncc1)c1ccc2c(c1)OCO2. The van der Waals surface area contributed by atoms with Crippen LogP contribution in [-0.4, -0.2) is 16.9 Å². The highest BCUT2D eigenvalue weighted by atomic mass is 16.7. The predicted molar refractivity (Wildman–Crippen MR) is 60.9 cm³/mol. The molecular weight excluding hydrogens is 218 g/mol. The Morgan fingerprint density at radius 2 is 1.76 bits per heavy atom. The monoisotopic (exact) mass is 229 g/mol. The molecule has 2 heterocycles. The van der Waals surface area contributed by atoms with Crippen molar-refractivity contribution in [3.8, 4) is 11.5 Å². The minimum atomic E-state index is -0.674. The Balaban J connectivity index is 1.94. The van der Waals surface area contributed by atoms with Crippen LogP contribution in [-0.2, 0) is 0 Å². The maximum absolute atomic E-state index is 10.2. The molecule has 1 atom stereocenters. The van der Waals surface area contributed by atoms with Crippen LogP contribution in [0.5, 0.6) is 11.5 Å². The van der Waals surface area contributed by atoms with Gasteiger partial charge in [-0.3, -0.25) is 4.98 Å². The molecule has 0 bridgehead atoms.